The number of aryl methyl sites for hydroxylation is 1. The monoisotopic (exact) mass is 431 g/mol. The lowest BCUT2D eigenvalue weighted by Crippen LogP contribution is -2.20. The summed E-state index contributed by atoms with van der Waals surface area (Å²) in [6.45, 7) is 0.511. The third-order valence-electron chi connectivity index (χ3n) is 6.73. The third-order valence-corrected chi connectivity index (χ3v) is 6.73. The second-order valence-corrected chi connectivity index (χ2v) is 8.72. The van der Waals surface area contributed by atoms with E-state index in [0.29, 0.717) is 29.5 Å². The van der Waals surface area contributed by atoms with Gasteiger partial charge in [0.25, 0.3) is 0 Å². The Bertz CT molecular complexity index is 967. The van der Waals surface area contributed by atoms with Gasteiger partial charge in [-0.2, -0.15) is 8.78 Å². The second kappa shape index (κ2) is 8.81. The van der Waals surface area contributed by atoms with E-state index in [1.807, 2.05) is 11.5 Å². The molecule has 1 heterocycles. The normalized spacial score (nSPS) is 22.2. The van der Waals surface area contributed by atoms with Crippen molar-refractivity contribution in [3.8, 4) is 11.4 Å². The Hall–Kier alpha value is -2.70. The maximum atomic E-state index is 12.7. The lowest BCUT2D eigenvalue weighted by Gasteiger charge is -2.20. The van der Waals surface area contributed by atoms with Crippen LogP contribution >= 0.6 is 0 Å². The molecule has 4 rings (SSSR count). The first-order valence-corrected chi connectivity index (χ1v) is 10.7. The van der Waals surface area contributed by atoms with Crippen molar-refractivity contribution in [1.82, 2.24) is 4.57 Å². The average Bonchev–Trinajstić information content (AvgIpc) is 3.41. The van der Waals surface area contributed by atoms with E-state index in [4.69, 9.17) is 4.74 Å². The number of benzene rings is 1. The largest absolute Gasteiger partial charge is 0.457 e. The third kappa shape index (κ3) is 4.65. The Morgan fingerprint density at radius 1 is 1.13 bits per heavy atom. The fraction of sp³-hybridized carbons (Fsp3) is 0.500. The van der Waals surface area contributed by atoms with Gasteiger partial charge >= 0.3 is 12.6 Å². The fourth-order valence-corrected chi connectivity index (χ4v) is 5.34. The molecule has 0 N–H and O–H groups in total. The van der Waals surface area contributed by atoms with Gasteiger partial charge < -0.3 is 14.0 Å². The molecule has 5 nitrogen and oxygen atoms in total. The highest BCUT2D eigenvalue weighted by Crippen LogP contribution is 2.49. The van der Waals surface area contributed by atoms with Crippen molar-refractivity contribution in [2.24, 2.45) is 17.8 Å². The van der Waals surface area contributed by atoms with E-state index in [1.54, 1.807) is 25.1 Å². The van der Waals surface area contributed by atoms with E-state index >= 15 is 0 Å². The van der Waals surface area contributed by atoms with Gasteiger partial charge in [-0.15, -0.1) is 0 Å². The van der Waals surface area contributed by atoms with Crippen LogP contribution in [0.3, 0.4) is 0 Å². The van der Waals surface area contributed by atoms with Crippen molar-refractivity contribution in [3.63, 3.8) is 0 Å². The number of carbonyl (C=O) groups excluding carboxylic acids is 2. The van der Waals surface area contributed by atoms with Gasteiger partial charge in [0.05, 0.1) is 0 Å². The number of alkyl halides is 2. The fourth-order valence-electron chi connectivity index (χ4n) is 5.34. The quantitative estimate of drug-likeness (QED) is 0.423. The molecule has 0 radical (unpaired) electrons. The number of hydrogen-bond donors (Lipinski definition) is 0. The lowest BCUT2D eigenvalue weighted by atomic mass is 9.86. The Morgan fingerprint density at radius 3 is 2.48 bits per heavy atom. The number of fused-ring (bicyclic) bond motifs is 2. The number of nitrogens with zero attached hydrogens (tertiary/aromatic N) is 1. The number of rotatable bonds is 8. The summed E-state index contributed by atoms with van der Waals surface area (Å²) >= 11 is 0. The molecule has 7 heteroatoms. The van der Waals surface area contributed by atoms with E-state index < -0.39 is 6.61 Å². The van der Waals surface area contributed by atoms with Crippen LogP contribution < -0.4 is 4.74 Å². The highest BCUT2D eigenvalue weighted by molar-refractivity contribution is 5.99. The first kappa shape index (κ1) is 21.5. The van der Waals surface area contributed by atoms with Crippen LogP contribution in [0.4, 0.5) is 8.78 Å². The van der Waals surface area contributed by atoms with Crippen LogP contribution in [0.2, 0.25) is 0 Å². The number of halogens is 2. The summed E-state index contributed by atoms with van der Waals surface area (Å²) in [5.74, 6) is 1.34. The lowest BCUT2D eigenvalue weighted by molar-refractivity contribution is -0.144. The molecule has 0 unspecified atom stereocenters. The summed E-state index contributed by atoms with van der Waals surface area (Å²) in [6.07, 6.45) is 5.24. The Kier molecular flexibility index (Phi) is 6.12. The standard InChI is InChI=1S/C24H27F2NO4/c1-14-9-21(15(2)27(14)19-5-7-20(8-6-19)31-24(25)26)22(28)13-30-23(29)12-18-11-16-3-4-17(18)10-16/h5-9,16-18,24H,3-4,10-13H2,1-2H3/t16-,17+,18+/m0/s1. The highest BCUT2D eigenvalue weighted by atomic mass is 19.3. The van der Waals surface area contributed by atoms with Gasteiger partial charge in [-0.3, -0.25) is 9.59 Å². The minimum Gasteiger partial charge on any atom is -0.457 e. The summed E-state index contributed by atoms with van der Waals surface area (Å²) in [5.41, 5.74) is 2.73. The molecule has 0 spiro atoms. The van der Waals surface area contributed by atoms with E-state index in [2.05, 4.69) is 4.74 Å². The van der Waals surface area contributed by atoms with Gasteiger partial charge in [0.15, 0.2) is 6.61 Å². The summed E-state index contributed by atoms with van der Waals surface area (Å²) in [4.78, 5) is 25.0. The molecule has 0 aliphatic heterocycles. The zero-order valence-corrected chi connectivity index (χ0v) is 17.8. The minimum absolute atomic E-state index is 0.0694. The van der Waals surface area contributed by atoms with Crippen LogP contribution in [0.5, 0.6) is 5.75 Å². The summed E-state index contributed by atoms with van der Waals surface area (Å²) in [7, 11) is 0. The summed E-state index contributed by atoms with van der Waals surface area (Å²) in [5, 5.41) is 0. The number of ether oxygens (including phenoxy) is 2. The van der Waals surface area contributed by atoms with Gasteiger partial charge in [-0.05, 0) is 81.2 Å². The Labute approximate surface area is 180 Å². The number of esters is 1. The molecular formula is C24H27F2NO4. The minimum atomic E-state index is -2.88. The molecule has 31 heavy (non-hydrogen) atoms. The van der Waals surface area contributed by atoms with Gasteiger partial charge in [0, 0.05) is 29.1 Å². The topological polar surface area (TPSA) is 57.5 Å². The number of Topliss-reactive ketones (excluding diaryl/α,β-unsaturated/α-hetero) is 1. The van der Waals surface area contributed by atoms with Crippen molar-refractivity contribution >= 4 is 11.8 Å². The van der Waals surface area contributed by atoms with Gasteiger partial charge in [-0.1, -0.05) is 6.42 Å². The molecule has 0 saturated heterocycles. The molecule has 2 fully saturated rings. The van der Waals surface area contributed by atoms with Gasteiger partial charge in [0.2, 0.25) is 5.78 Å². The van der Waals surface area contributed by atoms with E-state index in [1.165, 1.54) is 31.4 Å². The molecule has 2 aromatic rings. The smallest absolute Gasteiger partial charge is 0.387 e. The van der Waals surface area contributed by atoms with E-state index in [9.17, 15) is 18.4 Å². The molecule has 1 aromatic carbocycles. The Balaban J connectivity index is 1.38. The molecule has 2 bridgehead atoms. The molecule has 3 atom stereocenters. The van der Waals surface area contributed by atoms with Crippen LogP contribution in [0.25, 0.3) is 5.69 Å². The number of carbonyl (C=O) groups is 2. The zero-order valence-electron chi connectivity index (χ0n) is 17.8. The number of hydrogen-bond acceptors (Lipinski definition) is 4. The molecule has 166 valence electrons. The first-order chi connectivity index (χ1) is 14.8. The van der Waals surface area contributed by atoms with Crippen molar-refractivity contribution in [2.75, 3.05) is 6.61 Å². The van der Waals surface area contributed by atoms with Gasteiger partial charge in [0.1, 0.15) is 5.75 Å². The maximum absolute atomic E-state index is 12.7. The van der Waals surface area contributed by atoms with Crippen LogP contribution in [-0.4, -0.2) is 29.5 Å². The van der Waals surface area contributed by atoms with Crippen LogP contribution in [0.1, 0.15) is 53.8 Å². The SMILES string of the molecule is Cc1cc(C(=O)COC(=O)C[C@H]2C[C@H]3CC[C@@H]2C3)c(C)n1-c1ccc(OC(F)F)cc1. The molecule has 2 aliphatic rings. The summed E-state index contributed by atoms with van der Waals surface area (Å²) in [6, 6.07) is 7.98. The van der Waals surface area contributed by atoms with Crippen molar-refractivity contribution in [1.29, 1.82) is 0 Å². The van der Waals surface area contributed by atoms with Gasteiger partial charge in [-0.25, -0.2) is 0 Å². The second-order valence-electron chi connectivity index (χ2n) is 8.72. The predicted octanol–water partition coefficient (Wildman–Crippen LogP) is 5.25. The maximum Gasteiger partial charge on any atom is 0.387 e. The Morgan fingerprint density at radius 2 is 1.87 bits per heavy atom. The highest BCUT2D eigenvalue weighted by Gasteiger charge is 2.40. The van der Waals surface area contributed by atoms with Crippen LogP contribution in [0.15, 0.2) is 30.3 Å². The van der Waals surface area contributed by atoms with Crippen molar-refractivity contribution in [3.05, 3.63) is 47.3 Å². The molecular weight excluding hydrogens is 404 g/mol. The number of aromatic nitrogens is 1. The molecule has 1 aromatic heterocycles. The molecule has 2 saturated carbocycles. The molecule has 0 amide bonds. The van der Waals surface area contributed by atoms with Crippen LogP contribution in [0, 0.1) is 31.6 Å². The summed E-state index contributed by atoms with van der Waals surface area (Å²) < 4.78 is 36.2. The number of ketones is 1. The molecule has 2 aliphatic carbocycles. The van der Waals surface area contributed by atoms with Crippen molar-refractivity contribution in [2.45, 2.75) is 52.6 Å². The average molecular weight is 431 g/mol. The van der Waals surface area contributed by atoms with E-state index in [-0.39, 0.29) is 24.1 Å². The van der Waals surface area contributed by atoms with E-state index in [0.717, 1.165) is 23.7 Å². The van der Waals surface area contributed by atoms with Crippen LogP contribution in [-0.2, 0) is 9.53 Å². The van der Waals surface area contributed by atoms with Crippen molar-refractivity contribution < 1.29 is 27.8 Å². The zero-order chi connectivity index (χ0) is 22.1. The first-order valence-electron chi connectivity index (χ1n) is 10.7. The predicted molar refractivity (Wildman–Crippen MR) is 111 cm³/mol.